The van der Waals surface area contributed by atoms with Gasteiger partial charge in [-0.1, -0.05) is 30.3 Å². The van der Waals surface area contributed by atoms with Gasteiger partial charge >= 0.3 is 0 Å². The molecule has 3 aliphatic heterocycles. The second-order valence-corrected chi connectivity index (χ2v) is 12.2. The first-order valence-electron chi connectivity index (χ1n) is 15.0. The molecule has 1 aromatic heterocycles. The predicted molar refractivity (Wildman–Crippen MR) is 157 cm³/mol. The number of nitrogens with one attached hydrogen (secondary N) is 1. The van der Waals surface area contributed by atoms with Crippen LogP contribution in [0.5, 0.6) is 0 Å². The number of hydrogen-bond donors (Lipinski definition) is 1. The van der Waals surface area contributed by atoms with Crippen molar-refractivity contribution in [3.63, 3.8) is 0 Å². The van der Waals surface area contributed by atoms with E-state index in [1.54, 1.807) is 7.11 Å². The summed E-state index contributed by atoms with van der Waals surface area (Å²) < 4.78 is 5.27. The average Bonchev–Trinajstić information content (AvgIpc) is 3.46. The Morgan fingerprint density at radius 1 is 1.02 bits per heavy atom. The number of fused-ring (bicyclic) bond motifs is 1. The summed E-state index contributed by atoms with van der Waals surface area (Å²) in [5, 5.41) is 8.22. The summed E-state index contributed by atoms with van der Waals surface area (Å²) in [5.41, 5.74) is 3.51. The third kappa shape index (κ3) is 5.06. The fourth-order valence-corrected chi connectivity index (χ4v) is 6.70. The first-order chi connectivity index (χ1) is 20.0. The first kappa shape index (κ1) is 26.3. The number of ether oxygens (including phenoxy) is 1. The van der Waals surface area contributed by atoms with E-state index >= 15 is 0 Å². The molecule has 4 heterocycles. The van der Waals surface area contributed by atoms with Gasteiger partial charge in [0.25, 0.3) is 5.91 Å². The van der Waals surface area contributed by atoms with Gasteiger partial charge in [0.05, 0.1) is 18.3 Å². The summed E-state index contributed by atoms with van der Waals surface area (Å²) in [5.74, 6) is 1.71. The molecule has 3 aromatic rings. The van der Waals surface area contributed by atoms with Gasteiger partial charge in [-0.15, -0.1) is 0 Å². The lowest BCUT2D eigenvalue weighted by Gasteiger charge is -2.36. The summed E-state index contributed by atoms with van der Waals surface area (Å²) in [6.07, 6.45) is 6.26. The maximum absolute atomic E-state index is 14.2. The molecule has 3 fully saturated rings. The van der Waals surface area contributed by atoms with E-state index in [9.17, 15) is 9.59 Å². The number of methoxy groups -OCH3 is 1. The molecular formula is C32H38N6O3. The summed E-state index contributed by atoms with van der Waals surface area (Å²) in [6, 6.07) is 14.7. The fraction of sp³-hybridized carbons (Fsp3) is 0.500. The minimum atomic E-state index is -0.702. The minimum absolute atomic E-state index is 0.125. The lowest BCUT2D eigenvalue weighted by Crippen LogP contribution is -2.51. The normalized spacial score (nSPS) is 22.7. The van der Waals surface area contributed by atoms with Crippen molar-refractivity contribution in [2.24, 2.45) is 16.8 Å². The van der Waals surface area contributed by atoms with Crippen LogP contribution < -0.4 is 0 Å². The van der Waals surface area contributed by atoms with Crippen LogP contribution >= 0.6 is 0 Å². The van der Waals surface area contributed by atoms with Crippen molar-refractivity contribution in [1.82, 2.24) is 24.9 Å². The van der Waals surface area contributed by atoms with Crippen LogP contribution in [0.1, 0.15) is 37.7 Å². The predicted octanol–water partition coefficient (Wildman–Crippen LogP) is 3.56. The summed E-state index contributed by atoms with van der Waals surface area (Å²) in [4.78, 5) is 38.5. The van der Waals surface area contributed by atoms with E-state index in [2.05, 4.69) is 57.6 Å². The van der Waals surface area contributed by atoms with E-state index < -0.39 is 5.54 Å². The standard InChI is InChI=1S/C32H38N6O3/c1-41-17-16-36-14-11-32(12-15-36)31(40)38(21-22-10-13-37(20-22)30(39)25-6-7-25)29(34-32)24-4-2-23(3-5-24)26-8-9-28-27(18-26)19-33-35-28/h2-5,8-9,18-19,22,25H,6-7,10-17,20-21H2,1H3,(H,33,35). The van der Waals surface area contributed by atoms with E-state index in [-0.39, 0.29) is 17.7 Å². The highest BCUT2D eigenvalue weighted by atomic mass is 16.5. The van der Waals surface area contributed by atoms with Gasteiger partial charge in [-0.2, -0.15) is 5.10 Å². The SMILES string of the molecule is COCCN1CCC2(CC1)N=C(c1ccc(-c3ccc4[nH]ncc4c3)cc1)N(CC1CCN(C(=O)C3CC3)C1)C2=O. The van der Waals surface area contributed by atoms with Gasteiger partial charge in [0, 0.05) is 63.2 Å². The highest BCUT2D eigenvalue weighted by Crippen LogP contribution is 2.37. The number of carbonyl (C=O) groups is 2. The molecule has 7 rings (SSSR count). The first-order valence-corrected chi connectivity index (χ1v) is 15.0. The number of piperidine rings is 1. The molecule has 1 unspecified atom stereocenters. The summed E-state index contributed by atoms with van der Waals surface area (Å²) >= 11 is 0. The summed E-state index contributed by atoms with van der Waals surface area (Å²) in [6.45, 7) is 5.38. The lowest BCUT2D eigenvalue weighted by molar-refractivity contribution is -0.133. The summed E-state index contributed by atoms with van der Waals surface area (Å²) in [7, 11) is 1.73. The van der Waals surface area contributed by atoms with Crippen molar-refractivity contribution in [2.45, 2.75) is 37.6 Å². The van der Waals surface area contributed by atoms with Crippen LogP contribution in [0.25, 0.3) is 22.0 Å². The molecule has 1 aliphatic carbocycles. The number of carbonyl (C=O) groups excluding carboxylic acids is 2. The molecule has 2 amide bonds. The smallest absolute Gasteiger partial charge is 0.256 e. The van der Waals surface area contributed by atoms with E-state index in [0.29, 0.717) is 19.1 Å². The molecule has 2 aromatic carbocycles. The maximum Gasteiger partial charge on any atom is 0.256 e. The van der Waals surface area contributed by atoms with Crippen molar-refractivity contribution >= 4 is 28.6 Å². The van der Waals surface area contributed by atoms with Crippen LogP contribution in [0, 0.1) is 11.8 Å². The number of nitrogens with zero attached hydrogens (tertiary/aromatic N) is 5. The Morgan fingerprint density at radius 3 is 2.54 bits per heavy atom. The monoisotopic (exact) mass is 554 g/mol. The molecule has 214 valence electrons. The zero-order chi connectivity index (χ0) is 28.0. The largest absolute Gasteiger partial charge is 0.383 e. The lowest BCUT2D eigenvalue weighted by atomic mass is 9.87. The molecule has 0 radical (unpaired) electrons. The second-order valence-electron chi connectivity index (χ2n) is 12.2. The number of H-pyrrole nitrogens is 1. The van der Waals surface area contributed by atoms with Crippen molar-refractivity contribution in [3.05, 3.63) is 54.2 Å². The Labute approximate surface area is 240 Å². The Bertz CT molecular complexity index is 1470. The van der Waals surface area contributed by atoms with Crippen molar-refractivity contribution in [3.8, 4) is 11.1 Å². The maximum atomic E-state index is 14.2. The number of benzene rings is 2. The molecule has 9 nitrogen and oxygen atoms in total. The highest BCUT2D eigenvalue weighted by molar-refractivity contribution is 6.15. The number of aromatic amines is 1. The number of aliphatic imine (C=N–C) groups is 1. The van der Waals surface area contributed by atoms with Crippen LogP contribution in [0.4, 0.5) is 0 Å². The van der Waals surface area contributed by atoms with Crippen molar-refractivity contribution in [1.29, 1.82) is 0 Å². The number of amidine groups is 1. The van der Waals surface area contributed by atoms with Gasteiger partial charge < -0.3 is 14.5 Å². The Balaban J connectivity index is 1.14. The van der Waals surface area contributed by atoms with Gasteiger partial charge in [0.2, 0.25) is 5.91 Å². The Kier molecular flexibility index (Phi) is 6.87. The number of rotatable bonds is 8. The van der Waals surface area contributed by atoms with Crippen LogP contribution in [-0.2, 0) is 14.3 Å². The number of likely N-dealkylation sites (tertiary alicyclic amines) is 2. The zero-order valence-corrected chi connectivity index (χ0v) is 23.7. The van der Waals surface area contributed by atoms with Crippen LogP contribution in [0.2, 0.25) is 0 Å². The van der Waals surface area contributed by atoms with Gasteiger partial charge in [-0.05, 0) is 61.3 Å². The molecule has 1 saturated carbocycles. The van der Waals surface area contributed by atoms with Gasteiger partial charge in [-0.3, -0.25) is 24.6 Å². The van der Waals surface area contributed by atoms with Crippen LogP contribution in [0.15, 0.2) is 53.7 Å². The number of hydrogen-bond acceptors (Lipinski definition) is 6. The van der Waals surface area contributed by atoms with Crippen molar-refractivity contribution in [2.75, 3.05) is 53.0 Å². The molecule has 1 N–H and O–H groups in total. The number of aromatic nitrogens is 2. The molecule has 2 saturated heterocycles. The third-order valence-corrected chi connectivity index (χ3v) is 9.40. The average molecular weight is 555 g/mol. The topological polar surface area (TPSA) is 94.1 Å². The third-order valence-electron chi connectivity index (χ3n) is 9.40. The van der Waals surface area contributed by atoms with Crippen LogP contribution in [-0.4, -0.2) is 101 Å². The second kappa shape index (κ2) is 10.7. The minimum Gasteiger partial charge on any atom is -0.383 e. The molecule has 1 spiro atoms. The number of amides is 2. The van der Waals surface area contributed by atoms with E-state index in [1.165, 1.54) is 0 Å². The quantitative estimate of drug-likeness (QED) is 0.460. The van der Waals surface area contributed by atoms with Crippen molar-refractivity contribution < 1.29 is 14.3 Å². The highest BCUT2D eigenvalue weighted by Gasteiger charge is 2.50. The molecule has 0 bridgehead atoms. The zero-order valence-electron chi connectivity index (χ0n) is 23.7. The molecule has 9 heteroatoms. The van der Waals surface area contributed by atoms with Crippen LogP contribution in [0.3, 0.4) is 0 Å². The van der Waals surface area contributed by atoms with E-state index in [1.807, 2.05) is 16.0 Å². The van der Waals surface area contributed by atoms with Gasteiger partial charge in [-0.25, -0.2) is 0 Å². The van der Waals surface area contributed by atoms with E-state index in [4.69, 9.17) is 9.73 Å². The molecular weight excluding hydrogens is 516 g/mol. The van der Waals surface area contributed by atoms with E-state index in [0.717, 1.165) is 98.3 Å². The Hall–Kier alpha value is -3.56. The fourth-order valence-electron chi connectivity index (χ4n) is 6.70. The molecule has 4 aliphatic rings. The molecule has 41 heavy (non-hydrogen) atoms. The van der Waals surface area contributed by atoms with Gasteiger partial charge in [0.15, 0.2) is 0 Å². The Morgan fingerprint density at radius 2 is 1.78 bits per heavy atom. The van der Waals surface area contributed by atoms with Gasteiger partial charge in [0.1, 0.15) is 11.4 Å². The molecule has 1 atom stereocenters.